The zero-order valence-corrected chi connectivity index (χ0v) is 10.8. The van der Waals surface area contributed by atoms with Crippen molar-refractivity contribution in [2.75, 3.05) is 7.05 Å². The fraction of sp³-hybridized carbons (Fsp3) is 0.500. The molecule has 0 spiro atoms. The lowest BCUT2D eigenvalue weighted by atomic mass is 9.85. The minimum atomic E-state index is -0.179. The lowest BCUT2D eigenvalue weighted by Gasteiger charge is -2.27. The Bertz CT molecular complexity index is 380. The largest absolute Gasteiger partial charge is 0.311 e. The molecule has 0 aliphatic heterocycles. The van der Waals surface area contributed by atoms with Gasteiger partial charge in [-0.1, -0.05) is 32.0 Å². The van der Waals surface area contributed by atoms with Crippen molar-refractivity contribution >= 4 is 6.29 Å². The molecule has 0 fully saturated rings. The van der Waals surface area contributed by atoms with Gasteiger partial charge in [-0.2, -0.15) is 0 Å². The van der Waals surface area contributed by atoms with Gasteiger partial charge < -0.3 is 5.32 Å². The number of carbonyl (C=O) groups excluding carboxylic acids is 1. The Balaban J connectivity index is 3.41. The van der Waals surface area contributed by atoms with Gasteiger partial charge in [0.1, 0.15) is 0 Å². The first-order chi connectivity index (χ1) is 7.44. The van der Waals surface area contributed by atoms with Gasteiger partial charge in [-0.3, -0.25) is 4.79 Å². The van der Waals surface area contributed by atoms with E-state index in [1.54, 1.807) is 0 Å². The Morgan fingerprint density at radius 1 is 1.31 bits per heavy atom. The van der Waals surface area contributed by atoms with E-state index in [0.29, 0.717) is 5.92 Å². The predicted octanol–water partition coefficient (Wildman–Crippen LogP) is 3.08. The summed E-state index contributed by atoms with van der Waals surface area (Å²) in [4.78, 5) is 11.3. The lowest BCUT2D eigenvalue weighted by Crippen LogP contribution is -2.34. The van der Waals surface area contributed by atoms with Crippen LogP contribution in [-0.2, 0) is 5.54 Å². The molecule has 2 heteroatoms. The van der Waals surface area contributed by atoms with Gasteiger partial charge in [0.05, 0.1) is 0 Å². The van der Waals surface area contributed by atoms with Crippen LogP contribution in [0, 0.1) is 0 Å². The average Bonchev–Trinajstić information content (AvgIpc) is 2.27. The Hall–Kier alpha value is -1.15. The quantitative estimate of drug-likeness (QED) is 0.788. The fourth-order valence-corrected chi connectivity index (χ4v) is 1.90. The van der Waals surface area contributed by atoms with Crippen molar-refractivity contribution in [2.24, 2.45) is 0 Å². The number of hydrogen-bond acceptors (Lipinski definition) is 2. The molecule has 0 unspecified atom stereocenters. The smallest absolute Gasteiger partial charge is 0.150 e. The van der Waals surface area contributed by atoms with Crippen molar-refractivity contribution in [1.29, 1.82) is 0 Å². The summed E-state index contributed by atoms with van der Waals surface area (Å²) in [6, 6.07) is 6.08. The maximum absolute atomic E-state index is 11.3. The molecule has 0 heterocycles. The van der Waals surface area contributed by atoms with E-state index >= 15 is 0 Å². The van der Waals surface area contributed by atoms with Crippen molar-refractivity contribution in [3.63, 3.8) is 0 Å². The first-order valence-electron chi connectivity index (χ1n) is 5.71. The molecular weight excluding hydrogens is 198 g/mol. The number of hydrogen-bond donors (Lipinski definition) is 1. The monoisotopic (exact) mass is 219 g/mol. The van der Waals surface area contributed by atoms with Crippen LogP contribution in [0.5, 0.6) is 0 Å². The summed E-state index contributed by atoms with van der Waals surface area (Å²) in [6.45, 7) is 8.38. The van der Waals surface area contributed by atoms with Crippen LogP contribution in [0.2, 0.25) is 0 Å². The zero-order chi connectivity index (χ0) is 12.3. The van der Waals surface area contributed by atoms with Gasteiger partial charge in [-0.15, -0.1) is 0 Å². The highest BCUT2D eigenvalue weighted by Gasteiger charge is 2.23. The summed E-state index contributed by atoms with van der Waals surface area (Å²) in [5.41, 5.74) is 2.84. The van der Waals surface area contributed by atoms with E-state index in [2.05, 4.69) is 33.0 Å². The molecule has 0 aliphatic rings. The number of rotatable bonds is 4. The van der Waals surface area contributed by atoms with Gasteiger partial charge in [0, 0.05) is 11.1 Å². The second-order valence-corrected chi connectivity index (χ2v) is 4.96. The molecule has 1 aromatic rings. The molecule has 2 nitrogen and oxygen atoms in total. The van der Waals surface area contributed by atoms with Gasteiger partial charge in [-0.05, 0) is 37.9 Å². The second-order valence-electron chi connectivity index (χ2n) is 4.96. The van der Waals surface area contributed by atoms with Crippen LogP contribution in [0.3, 0.4) is 0 Å². The van der Waals surface area contributed by atoms with Crippen LogP contribution < -0.4 is 5.32 Å². The van der Waals surface area contributed by atoms with Gasteiger partial charge >= 0.3 is 0 Å². The molecule has 0 bridgehead atoms. The van der Waals surface area contributed by atoms with Gasteiger partial charge in [0.2, 0.25) is 0 Å². The van der Waals surface area contributed by atoms with E-state index in [9.17, 15) is 4.79 Å². The fourth-order valence-electron chi connectivity index (χ4n) is 1.90. The van der Waals surface area contributed by atoms with Gasteiger partial charge in [0.25, 0.3) is 0 Å². The Morgan fingerprint density at radius 2 is 1.94 bits per heavy atom. The molecule has 0 amide bonds. The molecular formula is C14H21NO. The second kappa shape index (κ2) is 4.79. The zero-order valence-electron chi connectivity index (χ0n) is 10.8. The Labute approximate surface area is 98.1 Å². The predicted molar refractivity (Wildman–Crippen MR) is 68.0 cm³/mol. The van der Waals surface area contributed by atoms with E-state index in [0.717, 1.165) is 23.0 Å². The minimum Gasteiger partial charge on any atom is -0.311 e. The molecule has 88 valence electrons. The molecule has 1 N–H and O–H groups in total. The molecule has 0 atom stereocenters. The van der Waals surface area contributed by atoms with Crippen LogP contribution in [0.15, 0.2) is 18.2 Å². The Kier molecular flexibility index (Phi) is 3.87. The van der Waals surface area contributed by atoms with Crippen molar-refractivity contribution in [2.45, 2.75) is 39.2 Å². The van der Waals surface area contributed by atoms with Crippen LogP contribution >= 0.6 is 0 Å². The van der Waals surface area contributed by atoms with Crippen LogP contribution in [0.1, 0.15) is 55.1 Å². The molecule has 1 aromatic carbocycles. The van der Waals surface area contributed by atoms with E-state index in [4.69, 9.17) is 0 Å². The molecule has 0 radical (unpaired) electrons. The topological polar surface area (TPSA) is 29.1 Å². The average molecular weight is 219 g/mol. The first-order valence-corrected chi connectivity index (χ1v) is 5.71. The molecule has 0 aliphatic carbocycles. The van der Waals surface area contributed by atoms with E-state index < -0.39 is 0 Å². The minimum absolute atomic E-state index is 0.179. The number of benzene rings is 1. The highest BCUT2D eigenvalue weighted by molar-refractivity contribution is 5.80. The molecule has 0 aromatic heterocycles. The third-order valence-corrected chi connectivity index (χ3v) is 3.18. The molecule has 16 heavy (non-hydrogen) atoms. The lowest BCUT2D eigenvalue weighted by molar-refractivity contribution is 0.111. The number of nitrogens with one attached hydrogen (secondary N) is 1. The summed E-state index contributed by atoms with van der Waals surface area (Å²) >= 11 is 0. The highest BCUT2D eigenvalue weighted by atomic mass is 16.1. The van der Waals surface area contributed by atoms with Crippen LogP contribution in [0.25, 0.3) is 0 Å². The third-order valence-electron chi connectivity index (χ3n) is 3.18. The van der Waals surface area contributed by atoms with Crippen molar-refractivity contribution < 1.29 is 4.79 Å². The van der Waals surface area contributed by atoms with Crippen LogP contribution in [-0.4, -0.2) is 13.3 Å². The molecule has 0 saturated carbocycles. The van der Waals surface area contributed by atoms with Crippen molar-refractivity contribution in [3.8, 4) is 0 Å². The maximum Gasteiger partial charge on any atom is 0.150 e. The number of aldehydes is 1. The van der Waals surface area contributed by atoms with Gasteiger partial charge in [-0.25, -0.2) is 0 Å². The first kappa shape index (κ1) is 12.9. The van der Waals surface area contributed by atoms with Crippen molar-refractivity contribution in [3.05, 3.63) is 34.9 Å². The summed E-state index contributed by atoms with van der Waals surface area (Å²) in [5.74, 6) is 0.368. The van der Waals surface area contributed by atoms with E-state index in [-0.39, 0.29) is 5.54 Å². The van der Waals surface area contributed by atoms with Gasteiger partial charge in [0.15, 0.2) is 6.29 Å². The summed E-state index contributed by atoms with van der Waals surface area (Å²) < 4.78 is 0. The SMILES string of the molecule is CNC(C)(C)c1cccc(C(C)C)c1C=O. The standard InChI is InChI=1S/C14H21NO/c1-10(2)11-7-6-8-13(12(11)9-16)14(3,4)15-5/h6-10,15H,1-5H3. The third kappa shape index (κ3) is 2.33. The Morgan fingerprint density at radius 3 is 2.38 bits per heavy atom. The summed E-state index contributed by atoms with van der Waals surface area (Å²) in [5, 5.41) is 3.24. The van der Waals surface area contributed by atoms with E-state index in [1.807, 2.05) is 25.2 Å². The summed E-state index contributed by atoms with van der Waals surface area (Å²) in [6.07, 6.45) is 0.976. The summed E-state index contributed by atoms with van der Waals surface area (Å²) in [7, 11) is 1.91. The van der Waals surface area contributed by atoms with Crippen LogP contribution in [0.4, 0.5) is 0 Å². The van der Waals surface area contributed by atoms with Crippen molar-refractivity contribution in [1.82, 2.24) is 5.32 Å². The molecule has 1 rings (SSSR count). The highest BCUT2D eigenvalue weighted by Crippen LogP contribution is 2.28. The van der Waals surface area contributed by atoms with E-state index in [1.165, 1.54) is 0 Å². The number of carbonyl (C=O) groups is 1. The normalized spacial score (nSPS) is 11.9. The maximum atomic E-state index is 11.3. The molecule has 0 saturated heterocycles.